The Balaban J connectivity index is 3.04. The van der Waals surface area contributed by atoms with Crippen LogP contribution in [0.2, 0.25) is 10.0 Å². The Kier molecular flexibility index (Phi) is 4.90. The third-order valence-corrected chi connectivity index (χ3v) is 2.79. The van der Waals surface area contributed by atoms with Crippen molar-refractivity contribution in [2.24, 2.45) is 5.73 Å². The molecule has 0 radical (unpaired) electrons. The first-order valence-electron chi connectivity index (χ1n) is 4.96. The Morgan fingerprint density at radius 2 is 2.00 bits per heavy atom. The summed E-state index contributed by atoms with van der Waals surface area (Å²) in [6.07, 6.45) is 0.157. The highest BCUT2D eigenvalue weighted by Gasteiger charge is 2.20. The fourth-order valence-electron chi connectivity index (χ4n) is 1.48. The molecule has 0 saturated carbocycles. The molecule has 0 aliphatic rings. The Morgan fingerprint density at radius 1 is 1.44 bits per heavy atom. The highest BCUT2D eigenvalue weighted by molar-refractivity contribution is 6.36. The first-order valence-corrected chi connectivity index (χ1v) is 5.71. The summed E-state index contributed by atoms with van der Waals surface area (Å²) in [6, 6.07) is 5.15. The number of primary amides is 1. The van der Waals surface area contributed by atoms with Crippen molar-refractivity contribution in [2.45, 2.75) is 25.9 Å². The zero-order valence-electron chi connectivity index (χ0n) is 8.87. The molecule has 0 fully saturated rings. The van der Waals surface area contributed by atoms with E-state index in [0.717, 1.165) is 6.42 Å². The van der Waals surface area contributed by atoms with Gasteiger partial charge in [-0.3, -0.25) is 0 Å². The molecule has 1 aromatic carbocycles. The van der Waals surface area contributed by atoms with Gasteiger partial charge in [-0.2, -0.15) is 0 Å². The Hall–Kier alpha value is -0.930. The molecule has 5 heteroatoms. The number of hydrogen-bond acceptors (Lipinski definition) is 2. The van der Waals surface area contributed by atoms with Crippen LogP contribution in [0.3, 0.4) is 0 Å². The fourth-order valence-corrected chi connectivity index (χ4v) is 2.12. The molecule has 0 aliphatic carbocycles. The standard InChI is InChI=1S/C11H13Cl2NO2/c1-2-4-9(16-11(14)15)10-7(12)5-3-6-8(10)13/h3,5-6,9H,2,4H2,1H3,(H2,14,15). The lowest BCUT2D eigenvalue weighted by Crippen LogP contribution is -2.17. The molecular weight excluding hydrogens is 249 g/mol. The van der Waals surface area contributed by atoms with E-state index >= 15 is 0 Å². The molecule has 1 rings (SSSR count). The van der Waals surface area contributed by atoms with Gasteiger partial charge in [-0.25, -0.2) is 4.79 Å². The summed E-state index contributed by atoms with van der Waals surface area (Å²) >= 11 is 12.1. The summed E-state index contributed by atoms with van der Waals surface area (Å²) in [5, 5.41) is 0.958. The van der Waals surface area contributed by atoms with Crippen LogP contribution in [0.4, 0.5) is 4.79 Å². The molecule has 1 aromatic rings. The van der Waals surface area contributed by atoms with Gasteiger partial charge in [-0.05, 0) is 18.6 Å². The number of nitrogens with two attached hydrogens (primary N) is 1. The van der Waals surface area contributed by atoms with E-state index in [1.807, 2.05) is 6.92 Å². The minimum Gasteiger partial charge on any atom is -0.441 e. The summed E-state index contributed by atoms with van der Waals surface area (Å²) in [6.45, 7) is 1.97. The molecule has 0 aliphatic heterocycles. The third-order valence-electron chi connectivity index (χ3n) is 2.13. The van der Waals surface area contributed by atoms with E-state index in [-0.39, 0.29) is 0 Å². The van der Waals surface area contributed by atoms with E-state index in [2.05, 4.69) is 0 Å². The van der Waals surface area contributed by atoms with Crippen LogP contribution in [0, 0.1) is 0 Å². The summed E-state index contributed by atoms with van der Waals surface area (Å²) in [5.41, 5.74) is 5.63. The van der Waals surface area contributed by atoms with Crippen LogP contribution in [0.25, 0.3) is 0 Å². The molecular formula is C11H13Cl2NO2. The SMILES string of the molecule is CCCC(OC(N)=O)c1c(Cl)cccc1Cl. The van der Waals surface area contributed by atoms with Gasteiger partial charge >= 0.3 is 6.09 Å². The van der Waals surface area contributed by atoms with Gasteiger partial charge in [0, 0.05) is 15.6 Å². The van der Waals surface area contributed by atoms with Gasteiger partial charge < -0.3 is 10.5 Å². The van der Waals surface area contributed by atoms with Gasteiger partial charge in [0.2, 0.25) is 0 Å². The lowest BCUT2D eigenvalue weighted by molar-refractivity contribution is 0.101. The fraction of sp³-hybridized carbons (Fsp3) is 0.364. The monoisotopic (exact) mass is 261 g/mol. The molecule has 16 heavy (non-hydrogen) atoms. The number of amides is 1. The molecule has 88 valence electrons. The normalized spacial score (nSPS) is 12.2. The summed E-state index contributed by atoms with van der Waals surface area (Å²) in [5.74, 6) is 0. The van der Waals surface area contributed by atoms with Crippen LogP contribution in [-0.2, 0) is 4.74 Å². The average Bonchev–Trinajstić information content (AvgIpc) is 2.16. The maximum absolute atomic E-state index is 10.8. The molecule has 1 atom stereocenters. The predicted octanol–water partition coefficient (Wildman–Crippen LogP) is 3.93. The first kappa shape index (κ1) is 13.1. The minimum absolute atomic E-state index is 0.479. The number of halogens is 2. The topological polar surface area (TPSA) is 52.3 Å². The summed E-state index contributed by atoms with van der Waals surface area (Å²) in [7, 11) is 0. The maximum Gasteiger partial charge on any atom is 0.405 e. The first-order chi connectivity index (χ1) is 7.56. The van der Waals surface area contributed by atoms with Crippen LogP contribution < -0.4 is 5.73 Å². The van der Waals surface area contributed by atoms with E-state index in [0.29, 0.717) is 22.0 Å². The van der Waals surface area contributed by atoms with Crippen LogP contribution in [0.1, 0.15) is 31.4 Å². The third kappa shape index (κ3) is 3.29. The molecule has 0 bridgehead atoms. The van der Waals surface area contributed by atoms with Crippen LogP contribution in [0.5, 0.6) is 0 Å². The van der Waals surface area contributed by atoms with Gasteiger partial charge in [0.25, 0.3) is 0 Å². The summed E-state index contributed by atoms with van der Waals surface area (Å²) < 4.78 is 5.01. The van der Waals surface area contributed by atoms with Gasteiger partial charge in [0.05, 0.1) is 0 Å². The van der Waals surface area contributed by atoms with E-state index in [1.54, 1.807) is 18.2 Å². The zero-order chi connectivity index (χ0) is 12.1. The molecule has 0 aromatic heterocycles. The number of ether oxygens (including phenoxy) is 1. The molecule has 1 unspecified atom stereocenters. The van der Waals surface area contributed by atoms with E-state index in [4.69, 9.17) is 33.7 Å². The van der Waals surface area contributed by atoms with Crippen molar-refractivity contribution in [3.63, 3.8) is 0 Å². The number of carbonyl (C=O) groups excluding carboxylic acids is 1. The van der Waals surface area contributed by atoms with E-state index in [9.17, 15) is 4.79 Å². The predicted molar refractivity (Wildman–Crippen MR) is 64.8 cm³/mol. The highest BCUT2D eigenvalue weighted by Crippen LogP contribution is 2.34. The van der Waals surface area contributed by atoms with Crippen molar-refractivity contribution in [1.29, 1.82) is 0 Å². The van der Waals surface area contributed by atoms with Gasteiger partial charge in [0.15, 0.2) is 0 Å². The molecule has 1 amide bonds. The molecule has 3 nitrogen and oxygen atoms in total. The van der Waals surface area contributed by atoms with Crippen molar-refractivity contribution < 1.29 is 9.53 Å². The zero-order valence-corrected chi connectivity index (χ0v) is 10.4. The van der Waals surface area contributed by atoms with Crippen molar-refractivity contribution in [3.05, 3.63) is 33.8 Å². The quantitative estimate of drug-likeness (QED) is 0.893. The van der Waals surface area contributed by atoms with Crippen LogP contribution in [0.15, 0.2) is 18.2 Å². The average molecular weight is 262 g/mol. The summed E-state index contributed by atoms with van der Waals surface area (Å²) in [4.78, 5) is 10.8. The van der Waals surface area contributed by atoms with Gasteiger partial charge in [0.1, 0.15) is 6.10 Å². The molecule has 0 heterocycles. The van der Waals surface area contributed by atoms with Crippen molar-refractivity contribution in [2.75, 3.05) is 0 Å². The second-order valence-corrected chi connectivity index (χ2v) is 4.16. The van der Waals surface area contributed by atoms with Crippen LogP contribution >= 0.6 is 23.2 Å². The van der Waals surface area contributed by atoms with E-state index < -0.39 is 12.2 Å². The highest BCUT2D eigenvalue weighted by atomic mass is 35.5. The molecule has 0 saturated heterocycles. The minimum atomic E-state index is -0.825. The Bertz CT molecular complexity index is 362. The smallest absolute Gasteiger partial charge is 0.405 e. The van der Waals surface area contributed by atoms with Crippen molar-refractivity contribution in [1.82, 2.24) is 0 Å². The number of rotatable bonds is 4. The second kappa shape index (κ2) is 5.97. The van der Waals surface area contributed by atoms with Gasteiger partial charge in [-0.15, -0.1) is 0 Å². The van der Waals surface area contributed by atoms with Crippen molar-refractivity contribution in [3.8, 4) is 0 Å². The van der Waals surface area contributed by atoms with Crippen LogP contribution in [-0.4, -0.2) is 6.09 Å². The lowest BCUT2D eigenvalue weighted by atomic mass is 10.1. The molecule has 2 N–H and O–H groups in total. The number of hydrogen-bond donors (Lipinski definition) is 1. The maximum atomic E-state index is 10.8. The van der Waals surface area contributed by atoms with E-state index in [1.165, 1.54) is 0 Å². The second-order valence-electron chi connectivity index (χ2n) is 3.35. The molecule has 0 spiro atoms. The largest absolute Gasteiger partial charge is 0.441 e. The number of benzene rings is 1. The Morgan fingerprint density at radius 3 is 2.44 bits per heavy atom. The Labute approximate surface area is 104 Å². The van der Waals surface area contributed by atoms with Gasteiger partial charge in [-0.1, -0.05) is 42.6 Å². The number of carbonyl (C=O) groups is 1. The lowest BCUT2D eigenvalue weighted by Gasteiger charge is -2.18. The van der Waals surface area contributed by atoms with Crippen molar-refractivity contribution >= 4 is 29.3 Å².